The summed E-state index contributed by atoms with van der Waals surface area (Å²) < 4.78 is 18.8. The van der Waals surface area contributed by atoms with E-state index in [1.165, 1.54) is 23.9 Å². The first kappa shape index (κ1) is 21.0. The molecule has 0 saturated carbocycles. The Hall–Kier alpha value is -2.27. The van der Waals surface area contributed by atoms with Crippen LogP contribution in [0.1, 0.15) is 32.8 Å². The third-order valence-corrected chi connectivity index (χ3v) is 5.29. The summed E-state index contributed by atoms with van der Waals surface area (Å²) in [6.07, 6.45) is 2.02. The van der Waals surface area contributed by atoms with Crippen molar-refractivity contribution in [1.29, 1.82) is 5.26 Å². The Bertz CT molecular complexity index is 758. The van der Waals surface area contributed by atoms with Gasteiger partial charge in [0.15, 0.2) is 0 Å². The number of nitrogens with zero attached hydrogens (tertiary/aromatic N) is 2. The first-order valence-electron chi connectivity index (χ1n) is 8.66. The number of carbonyl (C=O) groups is 2. The van der Waals surface area contributed by atoms with Gasteiger partial charge in [-0.1, -0.05) is 0 Å². The second-order valence-corrected chi connectivity index (χ2v) is 8.47. The molecule has 0 spiro atoms. The third kappa shape index (κ3) is 5.60. The summed E-state index contributed by atoms with van der Waals surface area (Å²) in [4.78, 5) is 26.6. The summed E-state index contributed by atoms with van der Waals surface area (Å²) in [5.74, 6) is -1.12. The number of carbonyl (C=O) groups excluding carboxylic acids is 2. The minimum atomic E-state index is -0.622. The fourth-order valence-corrected chi connectivity index (χ4v) is 3.79. The molecule has 27 heavy (non-hydrogen) atoms. The highest BCUT2D eigenvalue weighted by Gasteiger charge is 2.36. The third-order valence-electron chi connectivity index (χ3n) is 4.20. The zero-order valence-electron chi connectivity index (χ0n) is 15.9. The van der Waals surface area contributed by atoms with Gasteiger partial charge in [0.2, 0.25) is 5.91 Å². The first-order chi connectivity index (χ1) is 12.6. The summed E-state index contributed by atoms with van der Waals surface area (Å²) in [6, 6.07) is 5.66. The Balaban J connectivity index is 2.03. The monoisotopic (exact) mass is 393 g/mol. The van der Waals surface area contributed by atoms with Gasteiger partial charge in [-0.25, -0.2) is 9.18 Å². The molecule has 0 aromatic heterocycles. The van der Waals surface area contributed by atoms with E-state index in [0.717, 1.165) is 6.07 Å². The van der Waals surface area contributed by atoms with Crippen molar-refractivity contribution in [2.24, 2.45) is 5.92 Å². The van der Waals surface area contributed by atoms with E-state index in [-0.39, 0.29) is 28.7 Å². The van der Waals surface area contributed by atoms with Gasteiger partial charge in [-0.3, -0.25) is 4.79 Å². The minimum absolute atomic E-state index is 0.0813. The lowest BCUT2D eigenvalue weighted by Crippen LogP contribution is -2.49. The van der Waals surface area contributed by atoms with Gasteiger partial charge < -0.3 is 15.0 Å². The molecule has 1 heterocycles. The molecule has 1 fully saturated rings. The van der Waals surface area contributed by atoms with Crippen LogP contribution in [-0.2, 0) is 9.53 Å². The lowest BCUT2D eigenvalue weighted by molar-refractivity contribution is -0.121. The normalized spacial score (nSPS) is 19.9. The van der Waals surface area contributed by atoms with E-state index in [1.54, 1.807) is 11.0 Å². The van der Waals surface area contributed by atoms with E-state index in [1.807, 2.05) is 27.0 Å². The zero-order valence-corrected chi connectivity index (χ0v) is 16.7. The molecule has 1 aliphatic heterocycles. The molecule has 6 nitrogen and oxygen atoms in total. The number of halogens is 1. The van der Waals surface area contributed by atoms with Crippen LogP contribution in [0.3, 0.4) is 0 Å². The number of nitrogens with one attached hydrogen (secondary N) is 1. The van der Waals surface area contributed by atoms with Gasteiger partial charge in [-0.2, -0.15) is 17.0 Å². The minimum Gasteiger partial charge on any atom is -0.444 e. The molecule has 0 bridgehead atoms. The van der Waals surface area contributed by atoms with E-state index >= 15 is 0 Å². The summed E-state index contributed by atoms with van der Waals surface area (Å²) in [6.45, 7) is 6.29. The fraction of sp³-hybridized carbons (Fsp3) is 0.526. The van der Waals surface area contributed by atoms with Crippen molar-refractivity contribution >= 4 is 29.4 Å². The molecular formula is C19H24FN3O3S. The summed E-state index contributed by atoms with van der Waals surface area (Å²) in [5.41, 5.74) is -0.303. The predicted octanol–water partition coefficient (Wildman–Crippen LogP) is 3.62. The number of hydrogen-bond acceptors (Lipinski definition) is 5. The lowest BCUT2D eigenvalue weighted by Gasteiger charge is -2.37. The molecule has 1 aliphatic rings. The number of rotatable bonds is 3. The number of thioether (sulfide) groups is 1. The van der Waals surface area contributed by atoms with Crippen molar-refractivity contribution in [3.63, 3.8) is 0 Å². The average Bonchev–Trinajstić information content (AvgIpc) is 2.61. The smallest absolute Gasteiger partial charge is 0.410 e. The van der Waals surface area contributed by atoms with Gasteiger partial charge >= 0.3 is 6.09 Å². The van der Waals surface area contributed by atoms with Crippen LogP contribution in [0, 0.1) is 23.1 Å². The Morgan fingerprint density at radius 1 is 1.41 bits per heavy atom. The number of amides is 2. The Labute approximate surface area is 163 Å². The SMILES string of the molecule is CSC1CN(C(=O)OC(C)(C)C)CC[C@@H]1C(=O)Nc1ccc(F)c(C#N)c1. The zero-order chi connectivity index (χ0) is 20.2. The van der Waals surface area contributed by atoms with E-state index in [9.17, 15) is 14.0 Å². The molecule has 1 unspecified atom stereocenters. The highest BCUT2D eigenvalue weighted by Crippen LogP contribution is 2.29. The van der Waals surface area contributed by atoms with Crippen LogP contribution in [-0.4, -0.2) is 47.1 Å². The molecule has 1 saturated heterocycles. The van der Waals surface area contributed by atoms with Gasteiger partial charge in [0.1, 0.15) is 17.5 Å². The average molecular weight is 393 g/mol. The van der Waals surface area contributed by atoms with Crippen LogP contribution in [0.4, 0.5) is 14.9 Å². The molecular weight excluding hydrogens is 369 g/mol. The molecule has 2 atom stereocenters. The van der Waals surface area contributed by atoms with E-state index in [4.69, 9.17) is 10.00 Å². The maximum Gasteiger partial charge on any atom is 0.410 e. The summed E-state index contributed by atoms with van der Waals surface area (Å²) in [7, 11) is 0. The van der Waals surface area contributed by atoms with Crippen LogP contribution >= 0.6 is 11.8 Å². The molecule has 146 valence electrons. The number of nitriles is 1. The highest BCUT2D eigenvalue weighted by molar-refractivity contribution is 7.99. The van der Waals surface area contributed by atoms with Crippen LogP contribution in [0.5, 0.6) is 0 Å². The second-order valence-electron chi connectivity index (χ2n) is 7.39. The van der Waals surface area contributed by atoms with E-state index in [0.29, 0.717) is 25.2 Å². The maximum absolute atomic E-state index is 13.4. The van der Waals surface area contributed by atoms with Crippen molar-refractivity contribution in [3.8, 4) is 6.07 Å². The summed E-state index contributed by atoms with van der Waals surface area (Å²) >= 11 is 1.52. The van der Waals surface area contributed by atoms with Crippen molar-refractivity contribution in [2.75, 3.05) is 24.7 Å². The van der Waals surface area contributed by atoms with Crippen LogP contribution in [0.25, 0.3) is 0 Å². The molecule has 8 heteroatoms. The number of benzene rings is 1. The van der Waals surface area contributed by atoms with E-state index < -0.39 is 11.4 Å². The number of likely N-dealkylation sites (tertiary alicyclic amines) is 1. The van der Waals surface area contributed by atoms with Crippen molar-refractivity contribution in [1.82, 2.24) is 4.90 Å². The van der Waals surface area contributed by atoms with Gasteiger partial charge in [-0.05, 0) is 51.6 Å². The fourth-order valence-electron chi connectivity index (χ4n) is 2.87. The second kappa shape index (κ2) is 8.61. The number of piperidine rings is 1. The standard InChI is InChI=1S/C19H24FN3O3S/c1-19(2,3)26-18(25)23-8-7-14(16(11-23)27-4)17(24)22-13-5-6-15(20)12(9-13)10-21/h5-6,9,14,16H,7-8,11H2,1-4H3,(H,22,24)/t14-,16?/m0/s1. The molecule has 1 aromatic carbocycles. The predicted molar refractivity (Wildman–Crippen MR) is 103 cm³/mol. The first-order valence-corrected chi connectivity index (χ1v) is 9.94. The molecule has 2 rings (SSSR count). The largest absolute Gasteiger partial charge is 0.444 e. The van der Waals surface area contributed by atoms with Crippen molar-refractivity contribution in [2.45, 2.75) is 38.0 Å². The lowest BCUT2D eigenvalue weighted by atomic mass is 9.95. The van der Waals surface area contributed by atoms with Crippen LogP contribution < -0.4 is 5.32 Å². The van der Waals surface area contributed by atoms with Gasteiger partial charge in [0.25, 0.3) is 0 Å². The number of anilines is 1. The summed E-state index contributed by atoms with van der Waals surface area (Å²) in [5, 5.41) is 11.6. The van der Waals surface area contributed by atoms with Crippen molar-refractivity contribution < 1.29 is 18.7 Å². The highest BCUT2D eigenvalue weighted by atomic mass is 32.2. The molecule has 1 N–H and O–H groups in total. The van der Waals surface area contributed by atoms with E-state index in [2.05, 4.69) is 5.32 Å². The van der Waals surface area contributed by atoms with Gasteiger partial charge in [-0.15, -0.1) is 0 Å². The van der Waals surface area contributed by atoms with Crippen LogP contribution in [0.15, 0.2) is 18.2 Å². The van der Waals surface area contributed by atoms with Gasteiger partial charge in [0, 0.05) is 24.0 Å². The van der Waals surface area contributed by atoms with Crippen molar-refractivity contribution in [3.05, 3.63) is 29.6 Å². The number of hydrogen-bond donors (Lipinski definition) is 1. The quantitative estimate of drug-likeness (QED) is 0.848. The van der Waals surface area contributed by atoms with Crippen LogP contribution in [0.2, 0.25) is 0 Å². The maximum atomic E-state index is 13.4. The Morgan fingerprint density at radius 2 is 2.11 bits per heavy atom. The molecule has 2 amide bonds. The Morgan fingerprint density at radius 3 is 2.70 bits per heavy atom. The molecule has 0 aliphatic carbocycles. The number of ether oxygens (including phenoxy) is 1. The Kier molecular flexibility index (Phi) is 6.71. The molecule has 1 aromatic rings. The topological polar surface area (TPSA) is 82.4 Å². The molecule has 0 radical (unpaired) electrons. The van der Waals surface area contributed by atoms with Gasteiger partial charge in [0.05, 0.1) is 11.5 Å².